The van der Waals surface area contributed by atoms with Crippen LogP contribution in [0, 0.1) is 11.8 Å². The lowest BCUT2D eigenvalue weighted by molar-refractivity contribution is -0.161. The molecule has 0 fully saturated rings. The Labute approximate surface area is 524 Å². The van der Waals surface area contributed by atoms with Crippen LogP contribution in [0.25, 0.3) is 0 Å². The lowest BCUT2D eigenvalue weighted by Gasteiger charge is -2.21. The van der Waals surface area contributed by atoms with Crippen LogP contribution < -0.4 is 0 Å². The molecule has 0 saturated carbocycles. The van der Waals surface area contributed by atoms with Gasteiger partial charge in [0.1, 0.15) is 19.3 Å². The zero-order valence-corrected chi connectivity index (χ0v) is 57.4. The van der Waals surface area contributed by atoms with E-state index < -0.39 is 97.5 Å². The fraction of sp³-hybridized carbons (Fsp3) is 0.940. The van der Waals surface area contributed by atoms with Crippen LogP contribution in [0.5, 0.6) is 0 Å². The van der Waals surface area contributed by atoms with Gasteiger partial charge in [-0.05, 0) is 37.5 Å². The molecule has 510 valence electrons. The van der Waals surface area contributed by atoms with E-state index in [0.29, 0.717) is 25.7 Å². The quantitative estimate of drug-likeness (QED) is 0.0222. The van der Waals surface area contributed by atoms with Gasteiger partial charge < -0.3 is 33.8 Å². The molecule has 86 heavy (non-hydrogen) atoms. The monoisotopic (exact) mass is 1270 g/mol. The Morgan fingerprint density at radius 3 is 0.791 bits per heavy atom. The van der Waals surface area contributed by atoms with Gasteiger partial charge in [-0.25, -0.2) is 9.13 Å². The van der Waals surface area contributed by atoms with Crippen LogP contribution in [0.3, 0.4) is 0 Å². The van der Waals surface area contributed by atoms with Crippen molar-refractivity contribution in [2.45, 2.75) is 355 Å². The lowest BCUT2D eigenvalue weighted by Crippen LogP contribution is -2.30. The summed E-state index contributed by atoms with van der Waals surface area (Å²) >= 11 is 0. The second-order valence-corrected chi connectivity index (χ2v) is 28.1. The Bertz CT molecular complexity index is 1680. The van der Waals surface area contributed by atoms with Crippen molar-refractivity contribution in [1.29, 1.82) is 0 Å². The van der Waals surface area contributed by atoms with E-state index in [0.717, 1.165) is 115 Å². The number of rotatable bonds is 66. The summed E-state index contributed by atoms with van der Waals surface area (Å²) in [6.45, 7) is 9.46. The minimum Gasteiger partial charge on any atom is -0.462 e. The Morgan fingerprint density at radius 1 is 0.314 bits per heavy atom. The number of hydrogen-bond donors (Lipinski definition) is 3. The Morgan fingerprint density at radius 2 is 0.535 bits per heavy atom. The molecule has 0 saturated heterocycles. The average Bonchev–Trinajstić information content (AvgIpc) is 3.62. The molecule has 0 aliphatic carbocycles. The van der Waals surface area contributed by atoms with Gasteiger partial charge in [0.15, 0.2) is 12.2 Å². The average molecular weight is 1270 g/mol. The predicted molar refractivity (Wildman–Crippen MR) is 345 cm³/mol. The van der Waals surface area contributed by atoms with E-state index >= 15 is 0 Å². The van der Waals surface area contributed by atoms with Crippen LogP contribution in [-0.4, -0.2) is 96.7 Å². The third-order valence-electron chi connectivity index (χ3n) is 15.5. The summed E-state index contributed by atoms with van der Waals surface area (Å²) in [5.74, 6) is -0.600. The molecule has 0 amide bonds. The van der Waals surface area contributed by atoms with E-state index in [-0.39, 0.29) is 25.7 Å². The highest BCUT2D eigenvalue weighted by Crippen LogP contribution is 2.45. The maximum Gasteiger partial charge on any atom is 0.472 e. The van der Waals surface area contributed by atoms with Gasteiger partial charge in [0.2, 0.25) is 0 Å². The Balaban J connectivity index is 5.15. The molecule has 0 aliphatic rings. The van der Waals surface area contributed by atoms with E-state index in [2.05, 4.69) is 41.5 Å². The Hall–Kier alpha value is -1.94. The first-order chi connectivity index (χ1) is 41.4. The van der Waals surface area contributed by atoms with Gasteiger partial charge in [-0.15, -0.1) is 0 Å². The molecular formula is C67H130O17P2. The third-order valence-corrected chi connectivity index (χ3v) is 17.4. The minimum atomic E-state index is -4.95. The van der Waals surface area contributed by atoms with E-state index in [9.17, 15) is 43.2 Å². The summed E-state index contributed by atoms with van der Waals surface area (Å²) in [7, 11) is -9.88. The fourth-order valence-electron chi connectivity index (χ4n) is 10.1. The van der Waals surface area contributed by atoms with Gasteiger partial charge in [0.25, 0.3) is 0 Å². The predicted octanol–water partition coefficient (Wildman–Crippen LogP) is 18.8. The molecule has 3 N–H and O–H groups in total. The normalized spacial score (nSPS) is 14.2. The molecule has 17 nitrogen and oxygen atoms in total. The maximum atomic E-state index is 13.0. The van der Waals surface area contributed by atoms with Crippen LogP contribution in [0.1, 0.15) is 337 Å². The van der Waals surface area contributed by atoms with Crippen molar-refractivity contribution in [2.24, 2.45) is 11.8 Å². The largest absolute Gasteiger partial charge is 0.472 e. The first-order valence-corrected chi connectivity index (χ1v) is 38.0. The first kappa shape index (κ1) is 84.1. The number of carbonyl (C=O) groups is 4. The highest BCUT2D eigenvalue weighted by Gasteiger charge is 2.30. The van der Waals surface area contributed by atoms with Gasteiger partial charge in [0, 0.05) is 25.7 Å². The summed E-state index contributed by atoms with van der Waals surface area (Å²) < 4.78 is 68.0. The third kappa shape index (κ3) is 60.9. The summed E-state index contributed by atoms with van der Waals surface area (Å²) in [6, 6.07) is 0. The van der Waals surface area contributed by atoms with E-state index in [1.165, 1.54) is 141 Å². The molecule has 0 spiro atoms. The molecule has 5 atom stereocenters. The molecule has 0 aliphatic heterocycles. The van der Waals surface area contributed by atoms with Crippen LogP contribution in [0.4, 0.5) is 0 Å². The highest BCUT2D eigenvalue weighted by molar-refractivity contribution is 7.47. The molecule has 19 heteroatoms. The minimum absolute atomic E-state index is 0.105. The zero-order chi connectivity index (χ0) is 63.6. The van der Waals surface area contributed by atoms with Gasteiger partial charge in [0.05, 0.1) is 26.4 Å². The lowest BCUT2D eigenvalue weighted by atomic mass is 10.0. The van der Waals surface area contributed by atoms with E-state index in [4.69, 9.17) is 37.0 Å². The van der Waals surface area contributed by atoms with Crippen molar-refractivity contribution in [2.75, 3.05) is 39.6 Å². The summed E-state index contributed by atoms with van der Waals surface area (Å²) in [6.07, 6.45) is 43.3. The van der Waals surface area contributed by atoms with Crippen molar-refractivity contribution in [1.82, 2.24) is 0 Å². The summed E-state index contributed by atoms with van der Waals surface area (Å²) in [5.41, 5.74) is 0. The number of phosphoric ester groups is 2. The molecule has 0 aromatic carbocycles. The number of phosphoric acid groups is 2. The first-order valence-electron chi connectivity index (χ1n) is 35.0. The van der Waals surface area contributed by atoms with Crippen LogP contribution in [0.15, 0.2) is 0 Å². The number of aliphatic hydroxyl groups excluding tert-OH is 1. The van der Waals surface area contributed by atoms with Crippen LogP contribution in [0.2, 0.25) is 0 Å². The fourth-order valence-corrected chi connectivity index (χ4v) is 11.6. The van der Waals surface area contributed by atoms with Crippen molar-refractivity contribution >= 4 is 39.5 Å². The molecular weight excluding hydrogens is 1140 g/mol. The highest BCUT2D eigenvalue weighted by atomic mass is 31.2. The van der Waals surface area contributed by atoms with Crippen molar-refractivity contribution in [3.8, 4) is 0 Å². The van der Waals surface area contributed by atoms with Crippen molar-refractivity contribution in [3.63, 3.8) is 0 Å². The molecule has 2 unspecified atom stereocenters. The van der Waals surface area contributed by atoms with Crippen molar-refractivity contribution < 1.29 is 80.2 Å². The Kier molecular flexibility index (Phi) is 58.0. The van der Waals surface area contributed by atoms with E-state index in [1.54, 1.807) is 0 Å². The van der Waals surface area contributed by atoms with Crippen molar-refractivity contribution in [3.05, 3.63) is 0 Å². The van der Waals surface area contributed by atoms with Crippen LogP contribution in [-0.2, 0) is 65.4 Å². The number of carbonyl (C=O) groups excluding carboxylic acids is 4. The number of esters is 4. The molecule has 0 radical (unpaired) electrons. The van der Waals surface area contributed by atoms with Gasteiger partial charge in [-0.1, -0.05) is 286 Å². The summed E-state index contributed by atoms with van der Waals surface area (Å²) in [5, 5.41) is 10.5. The standard InChI is InChI=1S/C67H130O17P2/c1-7-9-11-13-15-24-33-39-45-51-66(71)83-62(55-77-64(69)49-43-37-29-14-12-10-8-2)57-81-85(73,74)79-53-61(68)54-80-86(75,76)82-58-63(56-78-65(70)50-44-38-32-28-27-31-36-42-48-60(5)6)84-67(72)52-46-40-34-26-23-21-19-17-16-18-20-22-25-30-35-41-47-59(3)4/h59-63,68H,7-58H2,1-6H3,(H,73,74)(H,75,76)/t61-,62+,63+/m0/s1. The van der Waals surface area contributed by atoms with Gasteiger partial charge in [-0.2, -0.15) is 0 Å². The second-order valence-electron chi connectivity index (χ2n) is 25.2. The molecule has 0 aromatic rings. The smallest absolute Gasteiger partial charge is 0.462 e. The molecule has 0 aromatic heterocycles. The number of hydrogen-bond acceptors (Lipinski definition) is 15. The maximum absolute atomic E-state index is 13.0. The molecule has 0 bridgehead atoms. The van der Waals surface area contributed by atoms with Crippen LogP contribution >= 0.6 is 15.6 Å². The second kappa shape index (κ2) is 59.4. The molecule has 0 heterocycles. The molecule has 0 rings (SSSR count). The zero-order valence-electron chi connectivity index (χ0n) is 55.6. The summed E-state index contributed by atoms with van der Waals surface area (Å²) in [4.78, 5) is 72.2. The number of aliphatic hydroxyl groups is 1. The topological polar surface area (TPSA) is 237 Å². The number of unbranched alkanes of at least 4 members (excludes halogenated alkanes) is 36. The SMILES string of the molecule is CCCCCCCCCCCC(=O)O[C@H](COC(=O)CCCCCCCCC)COP(=O)(O)OC[C@H](O)COP(=O)(O)OC[C@@H](COC(=O)CCCCCCCCCCC(C)C)OC(=O)CCCCCCCCCCCCCCCCCCC(C)C. The van der Waals surface area contributed by atoms with Gasteiger partial charge >= 0.3 is 39.5 Å². The van der Waals surface area contributed by atoms with Gasteiger partial charge in [-0.3, -0.25) is 37.3 Å². The number of ether oxygens (including phenoxy) is 4. The van der Waals surface area contributed by atoms with E-state index in [1.807, 2.05) is 0 Å².